The first-order valence-electron chi connectivity index (χ1n) is 10.5. The van der Waals surface area contributed by atoms with E-state index in [0.29, 0.717) is 31.5 Å². The van der Waals surface area contributed by atoms with E-state index in [1.807, 2.05) is 18.2 Å². The number of nitrogens with two attached hydrogens (primary N) is 1. The fourth-order valence-corrected chi connectivity index (χ4v) is 5.19. The summed E-state index contributed by atoms with van der Waals surface area (Å²) in [4.78, 5) is 15.8. The van der Waals surface area contributed by atoms with E-state index in [9.17, 15) is 17.6 Å². The van der Waals surface area contributed by atoms with Gasteiger partial charge in [0.2, 0.25) is 10.0 Å². The summed E-state index contributed by atoms with van der Waals surface area (Å²) in [7, 11) is -3.18. The number of hydrogen-bond donors (Lipinski definition) is 2. The van der Waals surface area contributed by atoms with Gasteiger partial charge in [-0.25, -0.2) is 17.1 Å². The Hall–Kier alpha value is -3.04. The number of anilines is 1. The van der Waals surface area contributed by atoms with Crippen LogP contribution in [0.4, 0.5) is 10.1 Å². The molecule has 2 aromatic carbocycles. The van der Waals surface area contributed by atoms with Gasteiger partial charge in [-0.1, -0.05) is 6.07 Å². The number of carbonyl (C=O) groups excluding carboxylic acids is 1. The lowest BCUT2D eigenvalue weighted by Gasteiger charge is -2.32. The number of hydrogen-bond acceptors (Lipinski definition) is 5. The number of pyridine rings is 1. The molecule has 1 aliphatic heterocycles. The van der Waals surface area contributed by atoms with Crippen LogP contribution in [0.5, 0.6) is 0 Å². The molecule has 3 aromatic rings. The second-order valence-electron chi connectivity index (χ2n) is 7.90. The van der Waals surface area contributed by atoms with Gasteiger partial charge in [-0.3, -0.25) is 9.78 Å². The van der Waals surface area contributed by atoms with Crippen molar-refractivity contribution in [1.29, 1.82) is 0 Å². The summed E-state index contributed by atoms with van der Waals surface area (Å²) in [5.41, 5.74) is 7.49. The second kappa shape index (κ2) is 8.84. The third kappa shape index (κ3) is 4.44. The molecule has 0 atom stereocenters. The molecule has 4 rings (SSSR count). The van der Waals surface area contributed by atoms with Gasteiger partial charge in [0.25, 0.3) is 5.91 Å². The molecule has 7 nitrogen and oxygen atoms in total. The minimum Gasteiger partial charge on any atom is -0.382 e. The van der Waals surface area contributed by atoms with Crippen LogP contribution in [-0.4, -0.2) is 48.5 Å². The molecule has 2 heterocycles. The summed E-state index contributed by atoms with van der Waals surface area (Å²) in [6, 6.07) is 10.2. The number of sulfonamides is 1. The summed E-state index contributed by atoms with van der Waals surface area (Å²) >= 11 is 0. The van der Waals surface area contributed by atoms with Gasteiger partial charge in [-0.2, -0.15) is 0 Å². The molecule has 3 N–H and O–H groups in total. The van der Waals surface area contributed by atoms with Gasteiger partial charge in [0.05, 0.1) is 11.3 Å². The first-order chi connectivity index (χ1) is 15.3. The van der Waals surface area contributed by atoms with Crippen molar-refractivity contribution in [2.75, 3.05) is 24.2 Å². The highest BCUT2D eigenvalue weighted by Gasteiger charge is 2.27. The average Bonchev–Trinajstić information content (AvgIpc) is 2.79. The Bertz CT molecular complexity index is 1270. The molecule has 1 aromatic heterocycles. The standard InChI is InChI=1S/C23H25FN4O3S/c1-2-32(30,31)28-9-6-18(7-10-28)27-22-13-17(11-16-5-8-26-14-20(16)22)15-3-4-21(24)19(12-15)23(25)29/h3-5,8,11-14,18,27H,2,6-7,9-10H2,1H3,(H2,25,29). The molecule has 32 heavy (non-hydrogen) atoms. The predicted octanol–water partition coefficient (Wildman–Crippen LogP) is 3.37. The number of halogens is 1. The number of primary amides is 1. The van der Waals surface area contributed by atoms with Gasteiger partial charge in [0.15, 0.2) is 0 Å². The number of carbonyl (C=O) groups is 1. The molecular formula is C23H25FN4O3S. The van der Waals surface area contributed by atoms with E-state index in [1.54, 1.807) is 29.7 Å². The highest BCUT2D eigenvalue weighted by Crippen LogP contribution is 2.33. The molecule has 1 aliphatic rings. The van der Waals surface area contributed by atoms with Gasteiger partial charge < -0.3 is 11.1 Å². The molecule has 0 radical (unpaired) electrons. The number of amides is 1. The van der Waals surface area contributed by atoms with Gasteiger partial charge in [-0.05, 0) is 66.6 Å². The molecular weight excluding hydrogens is 431 g/mol. The number of nitrogens with zero attached hydrogens (tertiary/aromatic N) is 2. The average molecular weight is 457 g/mol. The first kappa shape index (κ1) is 22.2. The summed E-state index contributed by atoms with van der Waals surface area (Å²) in [5, 5.41) is 5.41. The minimum absolute atomic E-state index is 0.103. The third-order valence-corrected chi connectivity index (χ3v) is 7.77. The first-order valence-corrected chi connectivity index (χ1v) is 12.1. The van der Waals surface area contributed by atoms with Crippen molar-refractivity contribution in [3.8, 4) is 11.1 Å². The van der Waals surface area contributed by atoms with Crippen molar-refractivity contribution in [2.24, 2.45) is 5.73 Å². The predicted molar refractivity (Wildman–Crippen MR) is 123 cm³/mol. The fourth-order valence-electron chi connectivity index (χ4n) is 4.06. The summed E-state index contributed by atoms with van der Waals surface area (Å²) in [5.74, 6) is -1.37. The van der Waals surface area contributed by atoms with Crippen LogP contribution in [-0.2, 0) is 10.0 Å². The largest absolute Gasteiger partial charge is 0.382 e. The normalized spacial score (nSPS) is 15.7. The molecule has 9 heteroatoms. The zero-order chi connectivity index (χ0) is 22.9. The Morgan fingerprint density at radius 2 is 1.94 bits per heavy atom. The van der Waals surface area contributed by atoms with Crippen molar-refractivity contribution in [2.45, 2.75) is 25.8 Å². The van der Waals surface area contributed by atoms with Crippen molar-refractivity contribution in [3.63, 3.8) is 0 Å². The number of rotatable bonds is 6. The van der Waals surface area contributed by atoms with Crippen LogP contribution in [0.2, 0.25) is 0 Å². The molecule has 1 fully saturated rings. The van der Waals surface area contributed by atoms with E-state index >= 15 is 0 Å². The van der Waals surface area contributed by atoms with Crippen LogP contribution in [0, 0.1) is 5.82 Å². The highest BCUT2D eigenvalue weighted by molar-refractivity contribution is 7.89. The summed E-state index contributed by atoms with van der Waals surface area (Å²) < 4.78 is 39.8. The monoisotopic (exact) mass is 456 g/mol. The van der Waals surface area contributed by atoms with Crippen LogP contribution in [0.15, 0.2) is 48.8 Å². The maximum absolute atomic E-state index is 14.0. The Kier molecular flexibility index (Phi) is 6.12. The Balaban J connectivity index is 1.66. The van der Waals surface area contributed by atoms with E-state index in [2.05, 4.69) is 10.3 Å². The number of nitrogens with one attached hydrogen (secondary N) is 1. The highest BCUT2D eigenvalue weighted by atomic mass is 32.2. The summed E-state index contributed by atoms with van der Waals surface area (Å²) in [6.45, 7) is 2.61. The Morgan fingerprint density at radius 3 is 2.62 bits per heavy atom. The quantitative estimate of drug-likeness (QED) is 0.592. The molecule has 1 amide bonds. The topological polar surface area (TPSA) is 105 Å². The lowest BCUT2D eigenvalue weighted by Crippen LogP contribution is -2.42. The second-order valence-corrected chi connectivity index (χ2v) is 10.2. The van der Waals surface area contributed by atoms with Crippen molar-refractivity contribution in [1.82, 2.24) is 9.29 Å². The molecule has 1 saturated heterocycles. The van der Waals surface area contributed by atoms with Crippen molar-refractivity contribution in [3.05, 3.63) is 60.2 Å². The molecule has 0 bridgehead atoms. The fraction of sp³-hybridized carbons (Fsp3) is 0.304. The van der Waals surface area contributed by atoms with Crippen LogP contribution < -0.4 is 11.1 Å². The van der Waals surface area contributed by atoms with E-state index in [0.717, 1.165) is 22.0 Å². The number of benzene rings is 2. The van der Waals surface area contributed by atoms with E-state index < -0.39 is 21.7 Å². The molecule has 168 valence electrons. The van der Waals surface area contributed by atoms with Gasteiger partial charge in [-0.15, -0.1) is 0 Å². The Labute approximate surface area is 186 Å². The molecule has 0 unspecified atom stereocenters. The lowest BCUT2D eigenvalue weighted by molar-refractivity contribution is 0.0996. The number of aromatic nitrogens is 1. The number of fused-ring (bicyclic) bond motifs is 1. The zero-order valence-corrected chi connectivity index (χ0v) is 18.5. The number of piperidine rings is 1. The van der Waals surface area contributed by atoms with Crippen LogP contribution in [0.1, 0.15) is 30.1 Å². The smallest absolute Gasteiger partial charge is 0.251 e. The molecule has 0 spiro atoms. The van der Waals surface area contributed by atoms with Gasteiger partial charge in [0, 0.05) is 42.6 Å². The molecule has 0 aliphatic carbocycles. The van der Waals surface area contributed by atoms with Crippen LogP contribution >= 0.6 is 0 Å². The minimum atomic E-state index is -3.18. The molecule has 0 saturated carbocycles. The van der Waals surface area contributed by atoms with E-state index in [4.69, 9.17) is 5.73 Å². The lowest BCUT2D eigenvalue weighted by atomic mass is 9.98. The van der Waals surface area contributed by atoms with E-state index in [-0.39, 0.29) is 17.4 Å². The van der Waals surface area contributed by atoms with E-state index in [1.165, 1.54) is 12.1 Å². The Morgan fingerprint density at radius 1 is 1.19 bits per heavy atom. The summed E-state index contributed by atoms with van der Waals surface area (Å²) in [6.07, 6.45) is 4.85. The van der Waals surface area contributed by atoms with Crippen LogP contribution in [0.25, 0.3) is 21.9 Å². The van der Waals surface area contributed by atoms with Crippen LogP contribution in [0.3, 0.4) is 0 Å². The SMILES string of the molecule is CCS(=O)(=O)N1CCC(Nc2cc(-c3ccc(F)c(C(N)=O)c3)cc3ccncc23)CC1. The zero-order valence-electron chi connectivity index (χ0n) is 17.7. The maximum atomic E-state index is 14.0. The van der Waals surface area contributed by atoms with Crippen molar-refractivity contribution >= 4 is 32.4 Å². The van der Waals surface area contributed by atoms with Gasteiger partial charge in [0.1, 0.15) is 5.82 Å². The van der Waals surface area contributed by atoms with Crippen molar-refractivity contribution < 1.29 is 17.6 Å². The third-order valence-electron chi connectivity index (χ3n) is 5.89. The van der Waals surface area contributed by atoms with Gasteiger partial charge >= 0.3 is 0 Å². The maximum Gasteiger partial charge on any atom is 0.251 e.